The van der Waals surface area contributed by atoms with Gasteiger partial charge in [-0.1, -0.05) is 122 Å². The number of aromatic nitrogens is 3. The summed E-state index contributed by atoms with van der Waals surface area (Å²) in [5, 5.41) is 50.1. The lowest BCUT2D eigenvalue weighted by atomic mass is 9.98. The van der Waals surface area contributed by atoms with Gasteiger partial charge in [0.2, 0.25) is 5.91 Å². The molecule has 1 amide bonds. The zero-order chi connectivity index (χ0) is 39.6. The molecule has 54 heavy (non-hydrogen) atoms. The van der Waals surface area contributed by atoms with E-state index in [9.17, 15) is 34.8 Å². The zero-order valence-corrected chi connectivity index (χ0v) is 33.5. The Labute approximate surface area is 325 Å². The summed E-state index contributed by atoms with van der Waals surface area (Å²) in [4.78, 5) is 38.1. The molecule has 1 aromatic rings. The Morgan fingerprint density at radius 3 is 1.91 bits per heavy atom. The minimum atomic E-state index is -1.60. The van der Waals surface area contributed by atoms with Gasteiger partial charge in [0.25, 0.3) is 0 Å². The summed E-state index contributed by atoms with van der Waals surface area (Å²) in [6.45, 7) is 3.74. The van der Waals surface area contributed by atoms with E-state index in [0.29, 0.717) is 6.42 Å². The Kier molecular flexibility index (Phi) is 25.7. The number of ether oxygens (including phenoxy) is 3. The number of aliphatic hydroxyl groups excluding tert-OH is 4. The molecule has 6 unspecified atom stereocenters. The maximum absolute atomic E-state index is 12.8. The van der Waals surface area contributed by atoms with Gasteiger partial charge in [0.1, 0.15) is 37.1 Å². The summed E-state index contributed by atoms with van der Waals surface area (Å²) >= 11 is 1.29. The molecular weight excluding hydrogens is 719 g/mol. The number of hydrogen-bond acceptors (Lipinski definition) is 14. The first kappa shape index (κ1) is 47.8. The molecule has 0 spiro atoms. The molecule has 2 heterocycles. The monoisotopic (exact) mass is 787 g/mol. The highest BCUT2D eigenvalue weighted by atomic mass is 32.2. The topological polar surface area (TPSA) is 229 Å². The maximum Gasteiger partial charge on any atom is 0.306 e. The molecule has 1 saturated heterocycles. The second-order valence-corrected chi connectivity index (χ2v) is 15.5. The molecule has 2 rings (SSSR count). The second kappa shape index (κ2) is 29.0. The maximum atomic E-state index is 12.8. The normalized spacial score (nSPS) is 21.1. The highest BCUT2D eigenvalue weighted by Gasteiger charge is 2.44. The Hall–Kier alpha value is -2.34. The molecule has 0 radical (unpaired) electrons. The van der Waals surface area contributed by atoms with Crippen LogP contribution in [0.5, 0.6) is 0 Å². The van der Waals surface area contributed by atoms with Crippen LogP contribution in [0.15, 0.2) is 6.20 Å². The zero-order valence-electron chi connectivity index (χ0n) is 32.7. The van der Waals surface area contributed by atoms with E-state index in [2.05, 4.69) is 29.5 Å². The van der Waals surface area contributed by atoms with Gasteiger partial charge < -0.3 is 45.7 Å². The smallest absolute Gasteiger partial charge is 0.306 e. The van der Waals surface area contributed by atoms with Crippen LogP contribution in [-0.2, 0) is 28.6 Å². The van der Waals surface area contributed by atoms with Gasteiger partial charge in [0.05, 0.1) is 18.8 Å². The molecule has 15 nitrogen and oxygen atoms in total. The van der Waals surface area contributed by atoms with E-state index in [-0.39, 0.29) is 42.3 Å². The molecule has 0 bridgehead atoms. The molecule has 0 aliphatic carbocycles. The van der Waals surface area contributed by atoms with Crippen LogP contribution in [0.4, 0.5) is 5.82 Å². The third kappa shape index (κ3) is 19.5. The molecule has 1 aliphatic heterocycles. The molecule has 1 fully saturated rings. The van der Waals surface area contributed by atoms with E-state index in [0.717, 1.165) is 49.6 Å². The van der Waals surface area contributed by atoms with Gasteiger partial charge in [-0.3, -0.25) is 14.4 Å². The molecule has 312 valence electrons. The van der Waals surface area contributed by atoms with Crippen molar-refractivity contribution in [1.82, 2.24) is 15.0 Å². The molecule has 7 N–H and O–H groups in total. The second-order valence-electron chi connectivity index (χ2n) is 14.4. The SMILES string of the molecule is CCCCCCCCCCCC(=O)OCC(CSCC(N)C(=O)Nc1cn([C@H]2OC(CO)C(O)C(O)C2O)nn1)OC(=O)CCCCCCCCCCC. The highest BCUT2D eigenvalue weighted by Crippen LogP contribution is 2.28. The molecule has 1 aromatic heterocycles. The van der Waals surface area contributed by atoms with Gasteiger partial charge in [0.15, 0.2) is 12.0 Å². The van der Waals surface area contributed by atoms with Gasteiger partial charge in [-0.15, -0.1) is 5.10 Å². The van der Waals surface area contributed by atoms with E-state index in [1.165, 1.54) is 88.6 Å². The van der Waals surface area contributed by atoms with Crippen LogP contribution >= 0.6 is 11.8 Å². The fraction of sp³-hybridized carbons (Fsp3) is 0.868. The largest absolute Gasteiger partial charge is 0.462 e. The fourth-order valence-corrected chi connectivity index (χ4v) is 7.13. The van der Waals surface area contributed by atoms with Crippen LogP contribution < -0.4 is 11.1 Å². The Balaban J connectivity index is 1.81. The average molecular weight is 788 g/mol. The van der Waals surface area contributed by atoms with Crippen molar-refractivity contribution in [2.45, 2.75) is 185 Å². The van der Waals surface area contributed by atoms with Gasteiger partial charge in [0, 0.05) is 24.3 Å². The molecule has 16 heteroatoms. The van der Waals surface area contributed by atoms with Gasteiger partial charge in [-0.05, 0) is 12.8 Å². The third-order valence-electron chi connectivity index (χ3n) is 9.52. The number of carbonyl (C=O) groups excluding carboxylic acids is 3. The van der Waals surface area contributed by atoms with Crippen molar-refractivity contribution in [3.8, 4) is 0 Å². The minimum absolute atomic E-state index is 0.000374. The average Bonchev–Trinajstić information content (AvgIpc) is 3.62. The number of nitrogens with two attached hydrogens (primary N) is 1. The first-order valence-corrected chi connectivity index (χ1v) is 21.5. The first-order chi connectivity index (χ1) is 26.1. The number of carbonyl (C=O) groups is 3. The van der Waals surface area contributed by atoms with E-state index < -0.39 is 55.3 Å². The highest BCUT2D eigenvalue weighted by molar-refractivity contribution is 7.99. The van der Waals surface area contributed by atoms with Crippen molar-refractivity contribution in [1.29, 1.82) is 0 Å². The number of thioether (sulfide) groups is 1. The molecule has 0 saturated carbocycles. The van der Waals surface area contributed by atoms with Gasteiger partial charge in [-0.2, -0.15) is 11.8 Å². The Morgan fingerprint density at radius 2 is 1.35 bits per heavy atom. The first-order valence-electron chi connectivity index (χ1n) is 20.3. The van der Waals surface area contributed by atoms with E-state index >= 15 is 0 Å². The van der Waals surface area contributed by atoms with Crippen molar-refractivity contribution in [3.63, 3.8) is 0 Å². The predicted octanol–water partition coefficient (Wildman–Crippen LogP) is 4.55. The van der Waals surface area contributed by atoms with Crippen LogP contribution in [0.2, 0.25) is 0 Å². The summed E-state index contributed by atoms with van der Waals surface area (Å²) in [6.07, 6.45) is 14.5. The number of anilines is 1. The van der Waals surface area contributed by atoms with Crippen LogP contribution in [-0.4, -0.2) is 115 Å². The van der Waals surface area contributed by atoms with Crippen LogP contribution in [0.3, 0.4) is 0 Å². The number of hydrogen-bond donors (Lipinski definition) is 6. The summed E-state index contributed by atoms with van der Waals surface area (Å²) < 4.78 is 17.8. The number of nitrogens with zero attached hydrogens (tertiary/aromatic N) is 3. The fourth-order valence-electron chi connectivity index (χ4n) is 6.16. The molecular formula is C38H69N5O10S. The predicted molar refractivity (Wildman–Crippen MR) is 207 cm³/mol. The summed E-state index contributed by atoms with van der Waals surface area (Å²) in [5.74, 6) is -0.817. The molecule has 0 aromatic carbocycles. The van der Waals surface area contributed by atoms with Crippen molar-refractivity contribution in [2.75, 3.05) is 30.0 Å². The van der Waals surface area contributed by atoms with Crippen molar-refractivity contribution < 1.29 is 49.0 Å². The summed E-state index contributed by atoms with van der Waals surface area (Å²) in [7, 11) is 0. The van der Waals surface area contributed by atoms with Crippen LogP contribution in [0.25, 0.3) is 0 Å². The van der Waals surface area contributed by atoms with Gasteiger partial charge >= 0.3 is 11.9 Å². The number of unbranched alkanes of at least 4 members (excludes halogenated alkanes) is 16. The minimum Gasteiger partial charge on any atom is -0.462 e. The van der Waals surface area contributed by atoms with Gasteiger partial charge in [-0.25, -0.2) is 4.68 Å². The van der Waals surface area contributed by atoms with Crippen LogP contribution in [0, 0.1) is 0 Å². The standard InChI is InChI=1S/C38H69N5O10S/c1-3-5-7-9-11-13-15-17-19-21-32(45)51-25-28(52-33(46)22-20-18-16-14-12-10-8-6-4-2)26-54-27-29(39)37(50)40-31-23-43(42-41-31)38-36(49)35(48)34(47)30(24-44)53-38/h23,28-30,34-36,38,44,47-49H,3-22,24-27,39H2,1-2H3,(H,40,50)/t28?,29?,30?,34?,35?,36?,38-/m0/s1. The number of amides is 1. The number of rotatable bonds is 31. The quantitative estimate of drug-likeness (QED) is 0.0449. The number of esters is 2. The van der Waals surface area contributed by atoms with E-state index in [1.807, 2.05) is 0 Å². The van der Waals surface area contributed by atoms with Crippen molar-refractivity contribution in [2.24, 2.45) is 5.73 Å². The number of aliphatic hydroxyl groups is 4. The lowest BCUT2D eigenvalue weighted by Gasteiger charge is -2.39. The van der Waals surface area contributed by atoms with E-state index in [4.69, 9.17) is 19.9 Å². The third-order valence-corrected chi connectivity index (χ3v) is 10.7. The van der Waals surface area contributed by atoms with Crippen molar-refractivity contribution >= 4 is 35.4 Å². The molecule has 1 aliphatic rings. The number of nitrogens with one attached hydrogen (secondary N) is 1. The summed E-state index contributed by atoms with van der Waals surface area (Å²) in [6, 6.07) is -0.986. The summed E-state index contributed by atoms with van der Waals surface area (Å²) in [5.41, 5.74) is 6.14. The Morgan fingerprint density at radius 1 is 0.815 bits per heavy atom. The lowest BCUT2D eigenvalue weighted by molar-refractivity contribution is -0.254. The van der Waals surface area contributed by atoms with Crippen molar-refractivity contribution in [3.05, 3.63) is 6.20 Å². The Bertz CT molecular complexity index is 1160. The van der Waals surface area contributed by atoms with Crippen LogP contribution in [0.1, 0.15) is 148 Å². The lowest BCUT2D eigenvalue weighted by Crippen LogP contribution is -2.56. The molecule has 7 atom stereocenters. The van der Waals surface area contributed by atoms with E-state index in [1.54, 1.807) is 0 Å².